The van der Waals surface area contributed by atoms with E-state index >= 15 is 0 Å². The fourth-order valence-electron chi connectivity index (χ4n) is 2.08. The summed E-state index contributed by atoms with van der Waals surface area (Å²) < 4.78 is 25.1. The molecule has 1 heterocycles. The van der Waals surface area contributed by atoms with Crippen molar-refractivity contribution in [1.82, 2.24) is 4.31 Å². The Labute approximate surface area is 120 Å². The van der Waals surface area contributed by atoms with Crippen molar-refractivity contribution in [3.8, 4) is 0 Å². The van der Waals surface area contributed by atoms with Gasteiger partial charge in [-0.3, -0.25) is 14.9 Å². The molecule has 0 aromatic heterocycles. The van der Waals surface area contributed by atoms with Gasteiger partial charge in [-0.2, -0.15) is 0 Å². The number of amides is 1. The van der Waals surface area contributed by atoms with Crippen LogP contribution in [-0.4, -0.2) is 35.9 Å². The molecule has 8 nitrogen and oxygen atoms in total. The number of hydrogen-bond acceptors (Lipinski definition) is 6. The minimum Gasteiger partial charge on any atom is -0.300 e. The molecule has 1 aromatic carbocycles. The van der Waals surface area contributed by atoms with Crippen LogP contribution >= 0.6 is 0 Å². The summed E-state index contributed by atoms with van der Waals surface area (Å²) in [4.78, 5) is 32.7. The second-order valence-corrected chi connectivity index (χ2v) is 6.46. The van der Waals surface area contributed by atoms with E-state index in [2.05, 4.69) is 0 Å². The Morgan fingerprint density at radius 3 is 2.62 bits per heavy atom. The lowest BCUT2D eigenvalue weighted by Crippen LogP contribution is -2.31. The van der Waals surface area contributed by atoms with Crippen LogP contribution in [0.4, 0.5) is 5.69 Å². The standard InChI is InChI=1S/C12H12N2O6S/c1-8(15)3-2-6-13-12(16)10-7-9(14(17)18)4-5-11(10)21(13,19)20/h4-5,7H,2-3,6H2,1H3. The zero-order valence-corrected chi connectivity index (χ0v) is 11.9. The molecule has 0 saturated heterocycles. The topological polar surface area (TPSA) is 115 Å². The van der Waals surface area contributed by atoms with Gasteiger partial charge < -0.3 is 4.79 Å². The summed E-state index contributed by atoms with van der Waals surface area (Å²) in [7, 11) is -3.99. The number of nitro benzene ring substituents is 1. The van der Waals surface area contributed by atoms with Crippen LogP contribution in [0.25, 0.3) is 0 Å². The van der Waals surface area contributed by atoms with Gasteiger partial charge in [0.2, 0.25) is 0 Å². The fraction of sp³-hybridized carbons (Fsp3) is 0.333. The number of benzene rings is 1. The molecule has 0 N–H and O–H groups in total. The molecule has 1 aromatic rings. The van der Waals surface area contributed by atoms with E-state index in [1.54, 1.807) is 0 Å². The lowest BCUT2D eigenvalue weighted by Gasteiger charge is -2.14. The predicted octanol–water partition coefficient (Wildman–Crippen LogP) is 1.11. The van der Waals surface area contributed by atoms with Crippen LogP contribution in [-0.2, 0) is 14.8 Å². The third-order valence-corrected chi connectivity index (χ3v) is 4.93. The average Bonchev–Trinajstić information content (AvgIpc) is 2.59. The number of rotatable bonds is 5. The van der Waals surface area contributed by atoms with Crippen molar-refractivity contribution in [3.63, 3.8) is 0 Å². The van der Waals surface area contributed by atoms with Gasteiger partial charge in [-0.1, -0.05) is 0 Å². The number of Topliss-reactive ketones (excluding diaryl/α,β-unsaturated/α-hetero) is 1. The second-order valence-electron chi connectivity index (χ2n) is 4.63. The summed E-state index contributed by atoms with van der Waals surface area (Å²) in [6, 6.07) is 3.06. The number of sulfonamides is 1. The minimum absolute atomic E-state index is 0.104. The van der Waals surface area contributed by atoms with E-state index in [9.17, 15) is 28.1 Å². The Kier molecular flexibility index (Phi) is 3.77. The molecule has 0 saturated carbocycles. The molecule has 0 fully saturated rings. The second kappa shape index (κ2) is 5.24. The number of nitro groups is 1. The van der Waals surface area contributed by atoms with Crippen molar-refractivity contribution in [1.29, 1.82) is 0 Å². The van der Waals surface area contributed by atoms with E-state index in [1.165, 1.54) is 6.92 Å². The first-order valence-corrected chi connectivity index (χ1v) is 7.54. The summed E-state index contributed by atoms with van der Waals surface area (Å²) in [6.45, 7) is 1.25. The van der Waals surface area contributed by atoms with Gasteiger partial charge in [-0.05, 0) is 19.4 Å². The lowest BCUT2D eigenvalue weighted by atomic mass is 10.2. The molecule has 21 heavy (non-hydrogen) atoms. The number of carbonyl (C=O) groups excluding carboxylic acids is 2. The maximum atomic E-state index is 12.2. The summed E-state index contributed by atoms with van der Waals surface area (Å²) >= 11 is 0. The maximum absolute atomic E-state index is 12.2. The third kappa shape index (κ3) is 2.64. The average molecular weight is 312 g/mol. The molecule has 0 spiro atoms. The Bertz CT molecular complexity index is 740. The molecule has 0 unspecified atom stereocenters. The molecule has 0 aliphatic carbocycles. The molecule has 0 radical (unpaired) electrons. The van der Waals surface area contributed by atoms with Crippen molar-refractivity contribution in [3.05, 3.63) is 33.9 Å². The van der Waals surface area contributed by atoms with Crippen LogP contribution in [0.5, 0.6) is 0 Å². The van der Waals surface area contributed by atoms with Crippen LogP contribution in [0.3, 0.4) is 0 Å². The normalized spacial score (nSPS) is 15.9. The van der Waals surface area contributed by atoms with Crippen molar-refractivity contribution in [2.24, 2.45) is 0 Å². The van der Waals surface area contributed by atoms with E-state index in [1.807, 2.05) is 0 Å². The molecule has 0 atom stereocenters. The fourth-order valence-corrected chi connectivity index (χ4v) is 3.67. The highest BCUT2D eigenvalue weighted by Gasteiger charge is 2.41. The van der Waals surface area contributed by atoms with Crippen LogP contribution in [0, 0.1) is 10.1 Å². The van der Waals surface area contributed by atoms with Crippen LogP contribution < -0.4 is 0 Å². The van der Waals surface area contributed by atoms with Gasteiger partial charge in [0.1, 0.15) is 10.7 Å². The van der Waals surface area contributed by atoms with Crippen molar-refractivity contribution in [2.75, 3.05) is 6.54 Å². The van der Waals surface area contributed by atoms with Gasteiger partial charge in [0, 0.05) is 25.1 Å². The van der Waals surface area contributed by atoms with Crippen LogP contribution in [0.15, 0.2) is 23.1 Å². The van der Waals surface area contributed by atoms with Gasteiger partial charge in [0.05, 0.1) is 10.5 Å². The quantitative estimate of drug-likeness (QED) is 0.594. The van der Waals surface area contributed by atoms with Crippen molar-refractivity contribution in [2.45, 2.75) is 24.7 Å². The van der Waals surface area contributed by atoms with Gasteiger partial charge >= 0.3 is 0 Å². The third-order valence-electron chi connectivity index (χ3n) is 3.09. The number of nitrogens with zero attached hydrogens (tertiary/aromatic N) is 2. The van der Waals surface area contributed by atoms with Crippen LogP contribution in [0.2, 0.25) is 0 Å². The molecule has 112 valence electrons. The highest BCUT2D eigenvalue weighted by atomic mass is 32.2. The van der Waals surface area contributed by atoms with Gasteiger partial charge in [-0.25, -0.2) is 12.7 Å². The van der Waals surface area contributed by atoms with E-state index < -0.39 is 20.9 Å². The highest BCUT2D eigenvalue weighted by Crippen LogP contribution is 2.32. The first-order chi connectivity index (χ1) is 9.75. The SMILES string of the molecule is CC(=O)CCCN1C(=O)c2cc([N+](=O)[O-])ccc2S1(=O)=O. The van der Waals surface area contributed by atoms with Gasteiger partial charge in [0.15, 0.2) is 0 Å². The van der Waals surface area contributed by atoms with Crippen LogP contribution in [0.1, 0.15) is 30.1 Å². The number of carbonyl (C=O) groups is 2. The Hall–Kier alpha value is -2.29. The molecule has 1 amide bonds. The summed E-state index contributed by atoms with van der Waals surface area (Å²) in [5, 5.41) is 10.7. The van der Waals surface area contributed by atoms with E-state index in [4.69, 9.17) is 0 Å². The monoisotopic (exact) mass is 312 g/mol. The van der Waals surface area contributed by atoms with Gasteiger partial charge in [0.25, 0.3) is 21.6 Å². The van der Waals surface area contributed by atoms with Crippen molar-refractivity contribution >= 4 is 27.4 Å². The highest BCUT2D eigenvalue weighted by molar-refractivity contribution is 7.90. The Balaban J connectivity index is 2.35. The first kappa shape index (κ1) is 15.1. The molecular weight excluding hydrogens is 300 g/mol. The van der Waals surface area contributed by atoms with Gasteiger partial charge in [-0.15, -0.1) is 0 Å². The number of hydrogen-bond donors (Lipinski definition) is 0. The summed E-state index contributed by atoms with van der Waals surface area (Å²) in [6.07, 6.45) is 0.381. The number of non-ortho nitro benzene ring substituents is 1. The zero-order valence-electron chi connectivity index (χ0n) is 11.1. The Morgan fingerprint density at radius 1 is 1.38 bits per heavy atom. The molecule has 1 aliphatic heterocycles. The Morgan fingerprint density at radius 2 is 2.05 bits per heavy atom. The van der Waals surface area contributed by atoms with E-state index in [0.29, 0.717) is 4.31 Å². The largest absolute Gasteiger partial charge is 0.300 e. The number of ketones is 1. The number of fused-ring (bicyclic) bond motifs is 1. The lowest BCUT2D eigenvalue weighted by molar-refractivity contribution is -0.384. The maximum Gasteiger partial charge on any atom is 0.270 e. The minimum atomic E-state index is -3.99. The summed E-state index contributed by atoms with van der Waals surface area (Å²) in [5.41, 5.74) is -0.546. The molecule has 0 bridgehead atoms. The predicted molar refractivity (Wildman–Crippen MR) is 71.2 cm³/mol. The molecular formula is C12H12N2O6S. The van der Waals surface area contributed by atoms with E-state index in [-0.39, 0.29) is 41.3 Å². The summed E-state index contributed by atoms with van der Waals surface area (Å²) in [5.74, 6) is -0.899. The molecule has 9 heteroatoms. The van der Waals surface area contributed by atoms with Crippen molar-refractivity contribution < 1.29 is 22.9 Å². The smallest absolute Gasteiger partial charge is 0.270 e. The first-order valence-electron chi connectivity index (χ1n) is 6.10. The molecule has 1 aliphatic rings. The molecule has 2 rings (SSSR count). The zero-order chi connectivity index (χ0) is 15.8. The van der Waals surface area contributed by atoms with E-state index in [0.717, 1.165) is 18.2 Å².